The number of aliphatic carboxylic acids is 1. The van der Waals surface area contributed by atoms with Crippen molar-refractivity contribution in [2.45, 2.75) is 26.7 Å². The van der Waals surface area contributed by atoms with Gasteiger partial charge in [-0.3, -0.25) is 4.79 Å². The van der Waals surface area contributed by atoms with Crippen LogP contribution in [0.15, 0.2) is 0 Å². The van der Waals surface area contributed by atoms with Crippen molar-refractivity contribution in [2.24, 2.45) is 13.0 Å². The molecule has 1 atom stereocenters. The Hall–Kier alpha value is -1.39. The third-order valence-corrected chi connectivity index (χ3v) is 2.34. The molecular formula is C9H15N3O2. The van der Waals surface area contributed by atoms with Gasteiger partial charge in [-0.25, -0.2) is 0 Å². The molecule has 0 fully saturated rings. The van der Waals surface area contributed by atoms with Crippen LogP contribution in [0.1, 0.15) is 31.4 Å². The van der Waals surface area contributed by atoms with Gasteiger partial charge in [0.15, 0.2) is 0 Å². The smallest absolute Gasteiger partial charge is 0.314 e. The molecule has 14 heavy (non-hydrogen) atoms. The Labute approximate surface area is 82.8 Å². The van der Waals surface area contributed by atoms with E-state index in [0.717, 1.165) is 5.82 Å². The van der Waals surface area contributed by atoms with Crippen molar-refractivity contribution >= 4 is 5.97 Å². The summed E-state index contributed by atoms with van der Waals surface area (Å²) in [5, 5.41) is 16.8. The van der Waals surface area contributed by atoms with Crippen LogP contribution >= 0.6 is 0 Å². The summed E-state index contributed by atoms with van der Waals surface area (Å²) in [5.41, 5.74) is 0. The van der Waals surface area contributed by atoms with Gasteiger partial charge < -0.3 is 9.67 Å². The molecule has 1 aromatic rings. The van der Waals surface area contributed by atoms with E-state index in [0.29, 0.717) is 5.82 Å². The molecule has 0 amide bonds. The number of carboxylic acid groups (broad SMARTS) is 1. The number of aromatic nitrogens is 3. The van der Waals surface area contributed by atoms with Crippen LogP contribution in [-0.2, 0) is 11.8 Å². The molecule has 1 heterocycles. The summed E-state index contributed by atoms with van der Waals surface area (Å²) < 4.78 is 1.72. The highest BCUT2D eigenvalue weighted by Gasteiger charge is 2.28. The minimum atomic E-state index is -0.851. The van der Waals surface area contributed by atoms with E-state index in [-0.39, 0.29) is 5.92 Å². The largest absolute Gasteiger partial charge is 0.481 e. The fourth-order valence-corrected chi connectivity index (χ4v) is 1.39. The summed E-state index contributed by atoms with van der Waals surface area (Å²) in [6.07, 6.45) is 0. The van der Waals surface area contributed by atoms with E-state index in [4.69, 9.17) is 5.11 Å². The van der Waals surface area contributed by atoms with Crippen LogP contribution < -0.4 is 0 Å². The fourth-order valence-electron chi connectivity index (χ4n) is 1.39. The molecule has 5 heteroatoms. The average Bonchev–Trinajstić information content (AvgIpc) is 2.35. The van der Waals surface area contributed by atoms with Crippen LogP contribution in [-0.4, -0.2) is 25.8 Å². The molecule has 0 radical (unpaired) electrons. The first-order chi connectivity index (χ1) is 6.45. The summed E-state index contributed by atoms with van der Waals surface area (Å²) in [5.74, 6) is -0.177. The average molecular weight is 197 g/mol. The lowest BCUT2D eigenvalue weighted by molar-refractivity contribution is -0.140. The van der Waals surface area contributed by atoms with E-state index in [2.05, 4.69) is 10.2 Å². The summed E-state index contributed by atoms with van der Waals surface area (Å²) in [7, 11) is 1.78. The van der Waals surface area contributed by atoms with Crippen molar-refractivity contribution in [2.75, 3.05) is 0 Å². The lowest BCUT2D eigenvalue weighted by Gasteiger charge is -2.14. The highest BCUT2D eigenvalue weighted by atomic mass is 16.4. The molecule has 1 rings (SSSR count). The maximum Gasteiger partial charge on any atom is 0.314 e. The molecule has 0 saturated carbocycles. The van der Waals surface area contributed by atoms with E-state index in [1.54, 1.807) is 18.5 Å². The molecule has 0 aromatic carbocycles. The fraction of sp³-hybridized carbons (Fsp3) is 0.667. The van der Waals surface area contributed by atoms with Crippen LogP contribution in [0.5, 0.6) is 0 Å². The Kier molecular flexibility index (Phi) is 2.88. The molecule has 0 saturated heterocycles. The predicted octanol–water partition coefficient (Wildman–Crippen LogP) is 0.948. The standard InChI is InChI=1S/C9H15N3O2/c1-5(2)7(9(13)14)8-11-10-6(3)12(8)4/h5,7H,1-4H3,(H,13,14). The first kappa shape index (κ1) is 10.7. The molecule has 78 valence electrons. The van der Waals surface area contributed by atoms with Crippen LogP contribution in [0.2, 0.25) is 0 Å². The van der Waals surface area contributed by atoms with Crippen LogP contribution in [0.25, 0.3) is 0 Å². The number of hydrogen-bond donors (Lipinski definition) is 1. The first-order valence-corrected chi connectivity index (χ1v) is 4.53. The molecule has 1 N–H and O–H groups in total. The topological polar surface area (TPSA) is 68.0 Å². The second-order valence-electron chi connectivity index (χ2n) is 3.72. The second-order valence-corrected chi connectivity index (χ2v) is 3.72. The maximum absolute atomic E-state index is 11.0. The quantitative estimate of drug-likeness (QED) is 0.783. The number of hydrogen-bond acceptors (Lipinski definition) is 3. The Morgan fingerprint density at radius 3 is 2.29 bits per heavy atom. The number of nitrogens with zero attached hydrogens (tertiary/aromatic N) is 3. The lowest BCUT2D eigenvalue weighted by Crippen LogP contribution is -2.21. The Morgan fingerprint density at radius 1 is 1.43 bits per heavy atom. The second kappa shape index (κ2) is 3.77. The normalized spacial score (nSPS) is 13.2. The van der Waals surface area contributed by atoms with Crippen LogP contribution in [0, 0.1) is 12.8 Å². The Balaban J connectivity index is 3.12. The highest BCUT2D eigenvalue weighted by Crippen LogP contribution is 2.22. The van der Waals surface area contributed by atoms with E-state index < -0.39 is 11.9 Å². The van der Waals surface area contributed by atoms with E-state index in [1.807, 2.05) is 13.8 Å². The van der Waals surface area contributed by atoms with Crippen molar-refractivity contribution in [3.63, 3.8) is 0 Å². The molecule has 0 aliphatic heterocycles. The number of carbonyl (C=O) groups is 1. The Morgan fingerprint density at radius 2 is 2.00 bits per heavy atom. The summed E-state index contributed by atoms with van der Waals surface area (Å²) in [4.78, 5) is 11.0. The van der Waals surface area contributed by atoms with Crippen molar-refractivity contribution in [1.82, 2.24) is 14.8 Å². The van der Waals surface area contributed by atoms with Crippen molar-refractivity contribution < 1.29 is 9.90 Å². The monoisotopic (exact) mass is 197 g/mol. The molecule has 0 bridgehead atoms. The van der Waals surface area contributed by atoms with Gasteiger partial charge in [-0.15, -0.1) is 10.2 Å². The zero-order valence-corrected chi connectivity index (χ0v) is 8.85. The van der Waals surface area contributed by atoms with Crippen molar-refractivity contribution in [1.29, 1.82) is 0 Å². The molecule has 0 spiro atoms. The van der Waals surface area contributed by atoms with E-state index in [1.165, 1.54) is 0 Å². The molecule has 0 aliphatic carbocycles. The first-order valence-electron chi connectivity index (χ1n) is 4.53. The van der Waals surface area contributed by atoms with Crippen molar-refractivity contribution in [3.8, 4) is 0 Å². The van der Waals surface area contributed by atoms with Gasteiger partial charge in [-0.2, -0.15) is 0 Å². The summed E-state index contributed by atoms with van der Waals surface area (Å²) in [6, 6.07) is 0. The van der Waals surface area contributed by atoms with Crippen molar-refractivity contribution in [3.05, 3.63) is 11.6 Å². The van der Waals surface area contributed by atoms with Gasteiger partial charge in [0.1, 0.15) is 17.6 Å². The number of rotatable bonds is 3. The van der Waals surface area contributed by atoms with E-state index in [9.17, 15) is 4.79 Å². The third-order valence-electron chi connectivity index (χ3n) is 2.34. The molecular weight excluding hydrogens is 182 g/mol. The minimum absolute atomic E-state index is 0.00907. The molecule has 1 unspecified atom stereocenters. The van der Waals surface area contributed by atoms with Gasteiger partial charge in [-0.1, -0.05) is 13.8 Å². The van der Waals surface area contributed by atoms with Gasteiger partial charge in [0.05, 0.1) is 0 Å². The van der Waals surface area contributed by atoms with Crippen LogP contribution in [0.4, 0.5) is 0 Å². The predicted molar refractivity (Wildman–Crippen MR) is 51.0 cm³/mol. The lowest BCUT2D eigenvalue weighted by atomic mass is 9.95. The van der Waals surface area contributed by atoms with E-state index >= 15 is 0 Å². The number of aryl methyl sites for hydroxylation is 1. The van der Waals surface area contributed by atoms with Gasteiger partial charge in [-0.05, 0) is 12.8 Å². The van der Waals surface area contributed by atoms with Gasteiger partial charge in [0.2, 0.25) is 0 Å². The minimum Gasteiger partial charge on any atom is -0.481 e. The van der Waals surface area contributed by atoms with Crippen LogP contribution in [0.3, 0.4) is 0 Å². The van der Waals surface area contributed by atoms with Gasteiger partial charge in [0.25, 0.3) is 0 Å². The number of carboxylic acids is 1. The summed E-state index contributed by atoms with van der Waals surface area (Å²) in [6.45, 7) is 5.53. The van der Waals surface area contributed by atoms with Gasteiger partial charge in [0, 0.05) is 7.05 Å². The Bertz CT molecular complexity index is 344. The van der Waals surface area contributed by atoms with Gasteiger partial charge >= 0.3 is 5.97 Å². The zero-order chi connectivity index (χ0) is 10.9. The highest BCUT2D eigenvalue weighted by molar-refractivity contribution is 5.75. The molecule has 1 aromatic heterocycles. The third kappa shape index (κ3) is 1.76. The zero-order valence-electron chi connectivity index (χ0n) is 8.85. The molecule has 0 aliphatic rings. The maximum atomic E-state index is 11.0. The SMILES string of the molecule is Cc1nnc(C(C(=O)O)C(C)C)n1C. The molecule has 5 nitrogen and oxygen atoms in total. The summed E-state index contributed by atoms with van der Waals surface area (Å²) >= 11 is 0.